The second-order valence-electron chi connectivity index (χ2n) is 4.52. The van der Waals surface area contributed by atoms with Gasteiger partial charge in [-0.1, -0.05) is 32.5 Å². The van der Waals surface area contributed by atoms with Crippen molar-refractivity contribution in [1.82, 2.24) is 5.32 Å². The van der Waals surface area contributed by atoms with Crippen LogP contribution in [0.25, 0.3) is 0 Å². The summed E-state index contributed by atoms with van der Waals surface area (Å²) in [5, 5.41) is 2.83. The Labute approximate surface area is 81.1 Å². The summed E-state index contributed by atoms with van der Waals surface area (Å²) in [6.07, 6.45) is 0.900. The first-order valence-electron chi connectivity index (χ1n) is 4.77. The highest BCUT2D eigenvalue weighted by atomic mass is 28.3. The topological polar surface area (TPSA) is 29.1 Å². The molecule has 1 N–H and O–H groups in total. The average molecular weight is 195 g/mol. The van der Waals surface area contributed by atoms with Crippen LogP contribution in [0.3, 0.4) is 0 Å². The summed E-state index contributed by atoms with van der Waals surface area (Å²) in [7, 11) is -1.28. The van der Waals surface area contributed by atoms with Gasteiger partial charge in [-0.3, -0.25) is 4.79 Å². The predicted molar refractivity (Wildman–Crippen MR) is 56.8 cm³/mol. The van der Waals surface area contributed by atoms with Gasteiger partial charge in [0, 0.05) is 0 Å². The van der Waals surface area contributed by atoms with Crippen molar-refractivity contribution in [1.29, 1.82) is 0 Å². The summed E-state index contributed by atoms with van der Waals surface area (Å²) in [5.41, 5.74) is 3.28. The minimum Gasteiger partial charge on any atom is -0.341 e. The number of hydrogen-bond acceptors (Lipinski definition) is 1. The molecule has 0 radical (unpaired) electrons. The molecule has 2 atom stereocenters. The van der Waals surface area contributed by atoms with E-state index in [1.807, 2.05) is 6.92 Å². The maximum Gasteiger partial charge on any atom is 0.227 e. The van der Waals surface area contributed by atoms with Crippen LogP contribution in [0.1, 0.15) is 13.3 Å². The number of amides is 1. The van der Waals surface area contributed by atoms with E-state index in [2.05, 4.69) is 36.4 Å². The molecule has 72 valence electrons. The highest BCUT2D eigenvalue weighted by Crippen LogP contribution is 2.17. The lowest BCUT2D eigenvalue weighted by Crippen LogP contribution is -2.57. The van der Waals surface area contributed by atoms with Crippen LogP contribution in [0.2, 0.25) is 19.6 Å². The fourth-order valence-corrected chi connectivity index (χ4v) is 1.86. The molecule has 1 amide bonds. The monoisotopic (exact) mass is 195 g/mol. The SMILES string of the molecule is CCC1C(=O)NC1C#C[Si](C)(C)C. The molecule has 3 heteroatoms. The third kappa shape index (κ3) is 2.60. The summed E-state index contributed by atoms with van der Waals surface area (Å²) in [6, 6.07) is 0.129. The molecule has 1 aliphatic heterocycles. The summed E-state index contributed by atoms with van der Waals surface area (Å²) in [6.45, 7) is 8.66. The van der Waals surface area contributed by atoms with E-state index in [-0.39, 0.29) is 17.9 Å². The summed E-state index contributed by atoms with van der Waals surface area (Å²) in [4.78, 5) is 11.0. The maximum atomic E-state index is 11.0. The lowest BCUT2D eigenvalue weighted by molar-refractivity contribution is -0.133. The molecule has 0 aliphatic carbocycles. The van der Waals surface area contributed by atoms with E-state index in [0.717, 1.165) is 6.42 Å². The molecule has 0 bridgehead atoms. The van der Waals surface area contributed by atoms with Gasteiger partial charge in [-0.15, -0.1) is 5.54 Å². The van der Waals surface area contributed by atoms with Crippen molar-refractivity contribution < 1.29 is 4.79 Å². The van der Waals surface area contributed by atoms with Crippen molar-refractivity contribution in [2.24, 2.45) is 5.92 Å². The summed E-state index contributed by atoms with van der Waals surface area (Å²) >= 11 is 0. The number of hydrogen-bond donors (Lipinski definition) is 1. The number of nitrogens with one attached hydrogen (secondary N) is 1. The van der Waals surface area contributed by atoms with Crippen molar-refractivity contribution in [3.8, 4) is 11.5 Å². The minimum absolute atomic E-state index is 0.129. The first kappa shape index (κ1) is 10.3. The van der Waals surface area contributed by atoms with Crippen LogP contribution in [0, 0.1) is 17.4 Å². The lowest BCUT2D eigenvalue weighted by atomic mass is 9.89. The zero-order chi connectivity index (χ0) is 10.1. The molecule has 1 rings (SSSR count). The van der Waals surface area contributed by atoms with Crippen molar-refractivity contribution in [2.45, 2.75) is 39.0 Å². The third-order valence-electron chi connectivity index (χ3n) is 2.08. The van der Waals surface area contributed by atoms with E-state index in [0.29, 0.717) is 0 Å². The molecule has 0 spiro atoms. The second kappa shape index (κ2) is 3.55. The quantitative estimate of drug-likeness (QED) is 0.382. The molecule has 1 heterocycles. The normalized spacial score (nSPS) is 26.9. The zero-order valence-electron chi connectivity index (χ0n) is 8.77. The molecule has 1 fully saturated rings. The summed E-state index contributed by atoms with van der Waals surface area (Å²) in [5.74, 6) is 3.48. The van der Waals surface area contributed by atoms with Crippen LogP contribution in [0.15, 0.2) is 0 Å². The van der Waals surface area contributed by atoms with Crippen LogP contribution in [-0.2, 0) is 4.79 Å². The van der Waals surface area contributed by atoms with Crippen molar-refractivity contribution in [2.75, 3.05) is 0 Å². The van der Waals surface area contributed by atoms with Crippen molar-refractivity contribution in [3.05, 3.63) is 0 Å². The van der Waals surface area contributed by atoms with Gasteiger partial charge in [0.2, 0.25) is 5.91 Å². The number of carbonyl (C=O) groups excluding carboxylic acids is 1. The fourth-order valence-electron chi connectivity index (χ4n) is 1.27. The van der Waals surface area contributed by atoms with Crippen LogP contribution in [0.4, 0.5) is 0 Å². The van der Waals surface area contributed by atoms with Gasteiger partial charge in [0.25, 0.3) is 0 Å². The maximum absolute atomic E-state index is 11.0. The van der Waals surface area contributed by atoms with E-state index in [1.54, 1.807) is 0 Å². The fraction of sp³-hybridized carbons (Fsp3) is 0.700. The van der Waals surface area contributed by atoms with Crippen molar-refractivity contribution in [3.63, 3.8) is 0 Å². The van der Waals surface area contributed by atoms with E-state index in [1.165, 1.54) is 0 Å². The van der Waals surface area contributed by atoms with Gasteiger partial charge < -0.3 is 5.32 Å². The molecular formula is C10H17NOSi. The van der Waals surface area contributed by atoms with E-state index in [4.69, 9.17) is 0 Å². The number of β-lactam (4-membered cyclic amide) rings is 1. The Balaban J connectivity index is 2.56. The molecule has 2 nitrogen and oxygen atoms in total. The Morgan fingerprint density at radius 1 is 1.46 bits per heavy atom. The predicted octanol–water partition coefficient (Wildman–Crippen LogP) is 1.39. The second-order valence-corrected chi connectivity index (χ2v) is 9.27. The van der Waals surface area contributed by atoms with Crippen LogP contribution < -0.4 is 5.32 Å². The van der Waals surface area contributed by atoms with Gasteiger partial charge >= 0.3 is 0 Å². The summed E-state index contributed by atoms with van der Waals surface area (Å²) < 4.78 is 0. The molecule has 0 aromatic rings. The van der Waals surface area contributed by atoms with Crippen LogP contribution >= 0.6 is 0 Å². The van der Waals surface area contributed by atoms with Crippen molar-refractivity contribution >= 4 is 14.0 Å². The van der Waals surface area contributed by atoms with Gasteiger partial charge in [0.05, 0.1) is 5.92 Å². The van der Waals surface area contributed by atoms with Crippen LogP contribution in [-0.4, -0.2) is 20.0 Å². The lowest BCUT2D eigenvalue weighted by Gasteiger charge is -2.32. The Morgan fingerprint density at radius 2 is 2.08 bits per heavy atom. The highest BCUT2D eigenvalue weighted by molar-refractivity contribution is 6.83. The molecule has 1 saturated heterocycles. The Morgan fingerprint density at radius 3 is 2.46 bits per heavy atom. The number of carbonyl (C=O) groups is 1. The van der Waals surface area contributed by atoms with Crippen LogP contribution in [0.5, 0.6) is 0 Å². The van der Waals surface area contributed by atoms with Gasteiger partial charge in [0.15, 0.2) is 0 Å². The van der Waals surface area contributed by atoms with E-state index < -0.39 is 8.07 Å². The highest BCUT2D eigenvalue weighted by Gasteiger charge is 2.36. The first-order chi connectivity index (χ1) is 5.94. The van der Waals surface area contributed by atoms with Gasteiger partial charge in [-0.05, 0) is 6.42 Å². The van der Waals surface area contributed by atoms with Gasteiger partial charge in [0.1, 0.15) is 14.1 Å². The minimum atomic E-state index is -1.28. The molecule has 1 aliphatic rings. The first-order valence-corrected chi connectivity index (χ1v) is 8.27. The molecule has 0 aromatic heterocycles. The van der Waals surface area contributed by atoms with Gasteiger partial charge in [-0.25, -0.2) is 0 Å². The Bertz CT molecular complexity index is 269. The largest absolute Gasteiger partial charge is 0.341 e. The molecule has 2 unspecified atom stereocenters. The molecule has 0 saturated carbocycles. The molecule has 13 heavy (non-hydrogen) atoms. The third-order valence-corrected chi connectivity index (χ3v) is 2.97. The zero-order valence-corrected chi connectivity index (χ0v) is 9.77. The average Bonchev–Trinajstić information content (AvgIpc) is 1.96. The smallest absolute Gasteiger partial charge is 0.227 e. The van der Waals surface area contributed by atoms with E-state index in [9.17, 15) is 4.79 Å². The number of rotatable bonds is 1. The molecular weight excluding hydrogens is 178 g/mol. The van der Waals surface area contributed by atoms with Gasteiger partial charge in [-0.2, -0.15) is 0 Å². The molecule has 0 aromatic carbocycles. The standard InChI is InChI=1S/C10H17NOSi/c1-5-8-9(11-10(8)12)6-7-13(2,3)4/h8-9H,5H2,1-4H3,(H,11,12). The Hall–Kier alpha value is -0.753. The van der Waals surface area contributed by atoms with E-state index >= 15 is 0 Å². The Kier molecular flexibility index (Phi) is 2.82.